The van der Waals surface area contributed by atoms with Crippen LogP contribution in [-0.2, 0) is 35.1 Å². The molecule has 2 heterocycles. The minimum atomic E-state index is -0.869. The molecule has 0 spiro atoms. The number of rotatable bonds is 6. The molecule has 0 radical (unpaired) electrons. The normalized spacial score (nSPS) is 27.8. The lowest BCUT2D eigenvalue weighted by Crippen LogP contribution is -2.69. The molecule has 0 saturated carbocycles. The molecule has 182 valence electrons. The van der Waals surface area contributed by atoms with Crippen molar-refractivity contribution in [2.75, 3.05) is 6.61 Å². The fourth-order valence-electron chi connectivity index (χ4n) is 3.97. The van der Waals surface area contributed by atoms with Gasteiger partial charge in [-0.15, -0.1) is 0 Å². The van der Waals surface area contributed by atoms with Gasteiger partial charge in [-0.25, -0.2) is 0 Å². The van der Waals surface area contributed by atoms with E-state index in [0.29, 0.717) is 5.75 Å². The van der Waals surface area contributed by atoms with Gasteiger partial charge < -0.3 is 33.7 Å². The number of fused-ring (bicyclic) bond motifs is 1. The third-order valence-corrected chi connectivity index (χ3v) is 5.64. The van der Waals surface area contributed by atoms with Crippen LogP contribution in [0.2, 0.25) is 0 Å². The SMILES string of the molecule is CC(=O)N[C@H]1[C@@H](OCc2ccccc2)O[C@@H]2COC(C)(C)O[C@H]2[C@@H]1OC(=S)Oc1ccccc1. The highest BCUT2D eigenvalue weighted by Crippen LogP contribution is 2.35. The average molecular weight is 488 g/mol. The van der Waals surface area contributed by atoms with E-state index in [-0.39, 0.29) is 24.4 Å². The van der Waals surface area contributed by atoms with Crippen molar-refractivity contribution in [1.29, 1.82) is 0 Å². The summed E-state index contributed by atoms with van der Waals surface area (Å²) in [7, 11) is 0. The first-order valence-corrected chi connectivity index (χ1v) is 11.5. The Kier molecular flexibility index (Phi) is 7.80. The second-order valence-electron chi connectivity index (χ2n) is 8.61. The van der Waals surface area contributed by atoms with Crippen LogP contribution in [0.5, 0.6) is 5.75 Å². The summed E-state index contributed by atoms with van der Waals surface area (Å²) in [5.41, 5.74) is 0.965. The lowest BCUT2D eigenvalue weighted by molar-refractivity contribution is -0.368. The Bertz CT molecular complexity index is 972. The molecule has 2 fully saturated rings. The van der Waals surface area contributed by atoms with Gasteiger partial charge in [0, 0.05) is 19.1 Å². The largest absolute Gasteiger partial charge is 0.448 e. The van der Waals surface area contributed by atoms with Gasteiger partial charge >= 0.3 is 5.24 Å². The molecule has 9 heteroatoms. The van der Waals surface area contributed by atoms with Gasteiger partial charge in [0.25, 0.3) is 0 Å². The summed E-state index contributed by atoms with van der Waals surface area (Å²) < 4.78 is 36.1. The van der Waals surface area contributed by atoms with Crippen LogP contribution >= 0.6 is 12.2 Å². The molecular formula is C25H29NO7S. The van der Waals surface area contributed by atoms with Gasteiger partial charge in [0.05, 0.1) is 13.2 Å². The highest BCUT2D eigenvalue weighted by atomic mass is 32.1. The Morgan fingerprint density at radius 3 is 2.47 bits per heavy atom. The number of carbonyl (C=O) groups is 1. The summed E-state index contributed by atoms with van der Waals surface area (Å²) in [6.07, 6.45) is -2.66. The molecule has 0 bridgehead atoms. The Morgan fingerprint density at radius 2 is 1.79 bits per heavy atom. The van der Waals surface area contributed by atoms with E-state index in [4.69, 9.17) is 40.6 Å². The quantitative estimate of drug-likeness (QED) is 0.622. The molecule has 1 N–H and O–H groups in total. The first-order chi connectivity index (χ1) is 16.3. The van der Waals surface area contributed by atoms with E-state index in [0.717, 1.165) is 5.56 Å². The van der Waals surface area contributed by atoms with Crippen molar-refractivity contribution in [3.05, 3.63) is 66.2 Å². The van der Waals surface area contributed by atoms with E-state index in [1.54, 1.807) is 12.1 Å². The fraction of sp³-hybridized carbons (Fsp3) is 0.440. The summed E-state index contributed by atoms with van der Waals surface area (Å²) in [6, 6.07) is 18.1. The average Bonchev–Trinajstić information content (AvgIpc) is 2.80. The first-order valence-electron chi connectivity index (χ1n) is 11.1. The Balaban J connectivity index is 1.57. The van der Waals surface area contributed by atoms with Crippen LogP contribution in [0.25, 0.3) is 0 Å². The zero-order chi connectivity index (χ0) is 24.1. The predicted molar refractivity (Wildman–Crippen MR) is 127 cm³/mol. The molecular weight excluding hydrogens is 458 g/mol. The third kappa shape index (κ3) is 6.31. The number of hydrogen-bond donors (Lipinski definition) is 1. The van der Waals surface area contributed by atoms with Crippen LogP contribution in [0.4, 0.5) is 0 Å². The molecule has 4 rings (SSSR count). The maximum atomic E-state index is 12.1. The number of ether oxygens (including phenoxy) is 6. The minimum absolute atomic E-state index is 0.0955. The standard InChI is InChI=1S/C25H29NO7S/c1-16(27)26-20-22(32-24(34)30-18-12-8-5-9-13-18)21-19(15-29-25(2,3)33-21)31-23(20)28-14-17-10-6-4-7-11-17/h4-13,19-23H,14-15H2,1-3H3,(H,26,27)/t19-,20-,21-,22-,23+/m1/s1. The molecule has 1 amide bonds. The van der Waals surface area contributed by atoms with E-state index in [2.05, 4.69) is 5.32 Å². The number of thiocarbonyl (C=S) groups is 1. The van der Waals surface area contributed by atoms with Crippen LogP contribution in [0.3, 0.4) is 0 Å². The van der Waals surface area contributed by atoms with E-state index < -0.39 is 36.4 Å². The summed E-state index contributed by atoms with van der Waals surface area (Å²) in [5, 5.41) is 2.80. The molecule has 0 unspecified atom stereocenters. The van der Waals surface area contributed by atoms with Crippen molar-refractivity contribution in [2.24, 2.45) is 0 Å². The van der Waals surface area contributed by atoms with Gasteiger partial charge in [0.2, 0.25) is 5.91 Å². The molecule has 2 aliphatic rings. The van der Waals surface area contributed by atoms with Crippen LogP contribution in [-0.4, -0.2) is 54.2 Å². The topological polar surface area (TPSA) is 84.5 Å². The van der Waals surface area contributed by atoms with Gasteiger partial charge in [0.1, 0.15) is 24.0 Å². The Labute approximate surface area is 204 Å². The molecule has 5 atom stereocenters. The van der Waals surface area contributed by atoms with E-state index >= 15 is 0 Å². The van der Waals surface area contributed by atoms with E-state index in [9.17, 15) is 4.79 Å². The van der Waals surface area contributed by atoms with E-state index in [1.165, 1.54) is 6.92 Å². The molecule has 0 aromatic heterocycles. The summed E-state index contributed by atoms with van der Waals surface area (Å²) in [5.74, 6) is -0.598. The molecule has 34 heavy (non-hydrogen) atoms. The number of benzene rings is 2. The summed E-state index contributed by atoms with van der Waals surface area (Å²) >= 11 is 5.39. The van der Waals surface area contributed by atoms with Gasteiger partial charge in [-0.05, 0) is 31.5 Å². The number of para-hydroxylation sites is 1. The highest BCUT2D eigenvalue weighted by molar-refractivity contribution is 7.79. The predicted octanol–water partition coefficient (Wildman–Crippen LogP) is 3.33. The van der Waals surface area contributed by atoms with Gasteiger partial charge in [0.15, 0.2) is 18.2 Å². The minimum Gasteiger partial charge on any atom is -0.448 e. The molecule has 2 aromatic rings. The van der Waals surface area contributed by atoms with Crippen molar-refractivity contribution in [3.8, 4) is 5.75 Å². The van der Waals surface area contributed by atoms with Gasteiger partial charge in [-0.1, -0.05) is 48.5 Å². The number of carbonyl (C=O) groups excluding carboxylic acids is 1. The maximum Gasteiger partial charge on any atom is 0.358 e. The van der Waals surface area contributed by atoms with Gasteiger partial charge in [-0.3, -0.25) is 4.79 Å². The second-order valence-corrected chi connectivity index (χ2v) is 8.94. The van der Waals surface area contributed by atoms with E-state index in [1.807, 2.05) is 62.4 Å². The van der Waals surface area contributed by atoms with Crippen LogP contribution < -0.4 is 10.1 Å². The lowest BCUT2D eigenvalue weighted by Gasteiger charge is -2.50. The molecule has 0 aliphatic carbocycles. The van der Waals surface area contributed by atoms with Crippen molar-refractivity contribution in [2.45, 2.75) is 63.8 Å². The summed E-state index contributed by atoms with van der Waals surface area (Å²) in [4.78, 5) is 12.1. The monoisotopic (exact) mass is 487 g/mol. The van der Waals surface area contributed by atoms with Crippen molar-refractivity contribution in [1.82, 2.24) is 5.32 Å². The number of amides is 1. The van der Waals surface area contributed by atoms with Gasteiger partial charge in [-0.2, -0.15) is 0 Å². The zero-order valence-electron chi connectivity index (χ0n) is 19.3. The van der Waals surface area contributed by atoms with Crippen molar-refractivity contribution in [3.63, 3.8) is 0 Å². The smallest absolute Gasteiger partial charge is 0.358 e. The molecule has 2 aromatic carbocycles. The number of nitrogens with one attached hydrogen (secondary N) is 1. The van der Waals surface area contributed by atoms with Crippen LogP contribution in [0.1, 0.15) is 26.3 Å². The second kappa shape index (κ2) is 10.8. The maximum absolute atomic E-state index is 12.1. The lowest BCUT2D eigenvalue weighted by atomic mass is 9.95. The molecule has 2 saturated heterocycles. The number of hydrogen-bond acceptors (Lipinski definition) is 8. The fourth-order valence-corrected chi connectivity index (χ4v) is 4.17. The van der Waals surface area contributed by atoms with Crippen molar-refractivity contribution < 1.29 is 33.2 Å². The van der Waals surface area contributed by atoms with Crippen LogP contribution in [0, 0.1) is 0 Å². The zero-order valence-corrected chi connectivity index (χ0v) is 20.2. The molecule has 8 nitrogen and oxygen atoms in total. The highest BCUT2D eigenvalue weighted by Gasteiger charge is 2.53. The Morgan fingerprint density at radius 1 is 1.12 bits per heavy atom. The Hall–Kier alpha value is -2.56. The molecule has 2 aliphatic heterocycles. The summed E-state index contributed by atoms with van der Waals surface area (Å²) in [6.45, 7) is 5.59. The van der Waals surface area contributed by atoms with Crippen LogP contribution in [0.15, 0.2) is 60.7 Å². The first kappa shape index (κ1) is 24.6. The third-order valence-electron chi connectivity index (χ3n) is 5.47. The van der Waals surface area contributed by atoms with Crippen molar-refractivity contribution >= 4 is 23.4 Å².